The highest BCUT2D eigenvalue weighted by molar-refractivity contribution is 5.59. The van der Waals surface area contributed by atoms with Gasteiger partial charge in [-0.05, 0) is 24.5 Å². The lowest BCUT2D eigenvalue weighted by molar-refractivity contribution is 0.278. The molecule has 0 saturated carbocycles. The summed E-state index contributed by atoms with van der Waals surface area (Å²) >= 11 is 0. The lowest BCUT2D eigenvalue weighted by Crippen LogP contribution is -2.26. The van der Waals surface area contributed by atoms with Gasteiger partial charge in [-0.1, -0.05) is 44.5 Å². The summed E-state index contributed by atoms with van der Waals surface area (Å²) in [7, 11) is 0. The molecule has 1 heterocycles. The fourth-order valence-electron chi connectivity index (χ4n) is 2.22. The summed E-state index contributed by atoms with van der Waals surface area (Å²) < 4.78 is 1.47. The molecule has 0 radical (unpaired) electrons. The summed E-state index contributed by atoms with van der Waals surface area (Å²) in [6.45, 7) is 4.52. The zero-order valence-corrected chi connectivity index (χ0v) is 12.7. The summed E-state index contributed by atoms with van der Waals surface area (Å²) in [5.41, 5.74) is 3.17. The summed E-state index contributed by atoms with van der Waals surface area (Å²) in [4.78, 5) is 12.1. The minimum atomic E-state index is -0.256. The second kappa shape index (κ2) is 7.18. The third-order valence-corrected chi connectivity index (χ3v) is 3.60. The molecule has 0 fully saturated rings. The van der Waals surface area contributed by atoms with Crippen molar-refractivity contribution >= 4 is 0 Å². The third kappa shape index (κ3) is 3.58. The van der Waals surface area contributed by atoms with Crippen LogP contribution in [0.5, 0.6) is 0 Å². The number of unbranched alkanes of at least 4 members (excludes halogenated alkanes) is 1. The molecule has 0 saturated heterocycles. The van der Waals surface area contributed by atoms with Crippen molar-refractivity contribution in [2.45, 2.75) is 46.3 Å². The number of hydrogen-bond acceptors (Lipinski definition) is 3. The Morgan fingerprint density at radius 1 is 1.19 bits per heavy atom. The molecular weight excluding hydrogens is 264 g/mol. The van der Waals surface area contributed by atoms with Crippen molar-refractivity contribution in [2.24, 2.45) is 0 Å². The Morgan fingerprint density at radius 2 is 1.90 bits per heavy atom. The van der Waals surface area contributed by atoms with Crippen molar-refractivity contribution in [2.75, 3.05) is 0 Å². The zero-order chi connectivity index (χ0) is 15.2. The van der Waals surface area contributed by atoms with Crippen LogP contribution in [0.25, 0.3) is 11.3 Å². The van der Waals surface area contributed by atoms with Crippen LogP contribution in [-0.4, -0.2) is 14.9 Å². The van der Waals surface area contributed by atoms with Gasteiger partial charge in [0.2, 0.25) is 0 Å². The average Bonchev–Trinajstić information content (AvgIpc) is 2.54. The maximum Gasteiger partial charge on any atom is 0.272 e. The molecular formula is C17H22N2O2. The highest BCUT2D eigenvalue weighted by Gasteiger charge is 2.09. The van der Waals surface area contributed by atoms with Crippen LogP contribution in [0.15, 0.2) is 35.1 Å². The first-order valence-corrected chi connectivity index (χ1v) is 7.50. The minimum absolute atomic E-state index is 0.195. The van der Waals surface area contributed by atoms with Gasteiger partial charge in [-0.25, -0.2) is 4.68 Å². The molecule has 0 atom stereocenters. The van der Waals surface area contributed by atoms with Gasteiger partial charge in [0.05, 0.1) is 12.3 Å². The van der Waals surface area contributed by atoms with Gasteiger partial charge in [0.1, 0.15) is 0 Å². The van der Waals surface area contributed by atoms with Gasteiger partial charge in [0.15, 0.2) is 0 Å². The Morgan fingerprint density at radius 3 is 2.48 bits per heavy atom. The highest BCUT2D eigenvalue weighted by Crippen LogP contribution is 2.18. The van der Waals surface area contributed by atoms with Gasteiger partial charge in [-0.15, -0.1) is 0 Å². The smallest absolute Gasteiger partial charge is 0.272 e. The van der Waals surface area contributed by atoms with Gasteiger partial charge in [-0.3, -0.25) is 4.79 Å². The van der Waals surface area contributed by atoms with Gasteiger partial charge in [0.25, 0.3) is 5.56 Å². The first-order valence-electron chi connectivity index (χ1n) is 7.50. The first kappa shape index (κ1) is 15.4. The Kier molecular flexibility index (Phi) is 5.28. The molecule has 4 heteroatoms. The van der Waals surface area contributed by atoms with Crippen molar-refractivity contribution in [1.82, 2.24) is 9.78 Å². The van der Waals surface area contributed by atoms with Crippen LogP contribution in [0.1, 0.15) is 37.8 Å². The van der Waals surface area contributed by atoms with Crippen LogP contribution >= 0.6 is 0 Å². The number of benzene rings is 1. The molecule has 21 heavy (non-hydrogen) atoms. The second-order valence-electron chi connectivity index (χ2n) is 5.15. The number of hydrogen-bond donors (Lipinski definition) is 1. The van der Waals surface area contributed by atoms with E-state index in [1.807, 2.05) is 12.1 Å². The molecule has 0 bridgehead atoms. The van der Waals surface area contributed by atoms with Crippen molar-refractivity contribution in [3.63, 3.8) is 0 Å². The van der Waals surface area contributed by atoms with E-state index in [1.54, 1.807) is 6.07 Å². The van der Waals surface area contributed by atoms with E-state index in [1.165, 1.54) is 10.2 Å². The van der Waals surface area contributed by atoms with Crippen molar-refractivity contribution < 1.29 is 5.11 Å². The number of aryl methyl sites for hydroxylation is 2. The predicted octanol–water partition coefficient (Wildman–Crippen LogP) is 2.77. The fourth-order valence-corrected chi connectivity index (χ4v) is 2.22. The number of aliphatic hydroxyl groups is 1. The Labute approximate surface area is 125 Å². The van der Waals surface area contributed by atoms with Crippen molar-refractivity contribution in [1.29, 1.82) is 0 Å². The Bertz CT molecular complexity index is 645. The van der Waals surface area contributed by atoms with Gasteiger partial charge < -0.3 is 5.11 Å². The molecule has 0 amide bonds. The van der Waals surface area contributed by atoms with Gasteiger partial charge >= 0.3 is 0 Å². The summed E-state index contributed by atoms with van der Waals surface area (Å²) in [5.74, 6) is 0. The van der Waals surface area contributed by atoms with Gasteiger partial charge in [-0.2, -0.15) is 5.10 Å². The van der Waals surface area contributed by atoms with Crippen LogP contribution in [0.3, 0.4) is 0 Å². The van der Waals surface area contributed by atoms with E-state index in [2.05, 4.69) is 31.1 Å². The van der Waals surface area contributed by atoms with E-state index in [-0.39, 0.29) is 12.2 Å². The normalized spacial score (nSPS) is 10.8. The SMILES string of the molecule is CCCCn1nc(-c2ccc(CC)cc2)cc(CO)c1=O. The standard InChI is InChI=1S/C17H22N2O2/c1-3-5-10-19-17(21)15(12-20)11-16(18-19)14-8-6-13(4-2)7-9-14/h6-9,11,20H,3-5,10,12H2,1-2H3. The summed E-state index contributed by atoms with van der Waals surface area (Å²) in [5, 5.41) is 13.8. The van der Waals surface area contributed by atoms with Crippen LogP contribution in [0.2, 0.25) is 0 Å². The second-order valence-corrected chi connectivity index (χ2v) is 5.15. The van der Waals surface area contributed by atoms with Crippen molar-refractivity contribution in [3.8, 4) is 11.3 Å². The van der Waals surface area contributed by atoms with Crippen molar-refractivity contribution in [3.05, 3.63) is 51.8 Å². The molecule has 0 spiro atoms. The number of nitrogens with zero attached hydrogens (tertiary/aromatic N) is 2. The van der Waals surface area contributed by atoms with E-state index < -0.39 is 0 Å². The van der Waals surface area contributed by atoms with E-state index >= 15 is 0 Å². The first-order chi connectivity index (χ1) is 10.2. The Hall–Kier alpha value is -1.94. The molecule has 1 aromatic carbocycles. The van der Waals surface area contributed by atoms with Gasteiger partial charge in [0, 0.05) is 17.7 Å². The molecule has 1 aromatic heterocycles. The highest BCUT2D eigenvalue weighted by atomic mass is 16.3. The lowest BCUT2D eigenvalue weighted by atomic mass is 10.1. The third-order valence-electron chi connectivity index (χ3n) is 3.60. The average molecular weight is 286 g/mol. The predicted molar refractivity (Wildman–Crippen MR) is 84.1 cm³/mol. The quantitative estimate of drug-likeness (QED) is 0.888. The molecule has 0 unspecified atom stereocenters. The van der Waals surface area contributed by atoms with E-state index in [0.717, 1.165) is 30.5 Å². The molecule has 2 aromatic rings. The molecule has 0 aliphatic carbocycles. The zero-order valence-electron chi connectivity index (χ0n) is 12.7. The minimum Gasteiger partial charge on any atom is -0.391 e. The number of rotatable bonds is 6. The largest absolute Gasteiger partial charge is 0.391 e. The Balaban J connectivity index is 2.44. The molecule has 4 nitrogen and oxygen atoms in total. The molecule has 0 aliphatic heterocycles. The fraction of sp³-hybridized carbons (Fsp3) is 0.412. The van der Waals surface area contributed by atoms with Crippen LogP contribution in [-0.2, 0) is 19.6 Å². The summed E-state index contributed by atoms with van der Waals surface area (Å²) in [6.07, 6.45) is 2.89. The van der Waals surface area contributed by atoms with E-state index in [9.17, 15) is 9.90 Å². The molecule has 2 rings (SSSR count). The number of aliphatic hydroxyl groups excluding tert-OH is 1. The maximum absolute atomic E-state index is 12.1. The topological polar surface area (TPSA) is 55.1 Å². The van der Waals surface area contributed by atoms with E-state index in [0.29, 0.717) is 12.1 Å². The lowest BCUT2D eigenvalue weighted by Gasteiger charge is -2.10. The summed E-state index contributed by atoms with van der Waals surface area (Å²) in [6, 6.07) is 9.84. The number of aromatic nitrogens is 2. The molecule has 112 valence electrons. The molecule has 0 aliphatic rings. The monoisotopic (exact) mass is 286 g/mol. The van der Waals surface area contributed by atoms with Crippen LogP contribution in [0, 0.1) is 0 Å². The van der Waals surface area contributed by atoms with E-state index in [4.69, 9.17) is 0 Å². The van der Waals surface area contributed by atoms with Crippen LogP contribution in [0.4, 0.5) is 0 Å². The maximum atomic E-state index is 12.1. The molecule has 1 N–H and O–H groups in total. The van der Waals surface area contributed by atoms with Crippen LogP contribution < -0.4 is 5.56 Å².